The van der Waals surface area contributed by atoms with Gasteiger partial charge in [-0.25, -0.2) is 0 Å². The molecule has 2 unspecified atom stereocenters. The van der Waals surface area contributed by atoms with Crippen LogP contribution in [-0.2, 0) is 6.54 Å². The minimum atomic E-state index is -0.723. The Balaban J connectivity index is 2.03. The van der Waals surface area contributed by atoms with Crippen molar-refractivity contribution < 1.29 is 9.31 Å². The van der Waals surface area contributed by atoms with Crippen LogP contribution in [0.15, 0.2) is 18.2 Å². The van der Waals surface area contributed by atoms with Crippen molar-refractivity contribution in [3.63, 3.8) is 0 Å². The molecule has 4 nitrogen and oxygen atoms in total. The molecule has 2 atom stereocenters. The molecule has 1 aliphatic rings. The van der Waals surface area contributed by atoms with E-state index < -0.39 is 16.4 Å². The monoisotopic (exact) mass is 284 g/mol. The van der Waals surface area contributed by atoms with E-state index in [4.69, 9.17) is 0 Å². The van der Waals surface area contributed by atoms with E-state index in [1.807, 2.05) is 11.8 Å². The summed E-state index contributed by atoms with van der Waals surface area (Å²) in [5, 5.41) is 14.6. The van der Waals surface area contributed by atoms with Crippen LogP contribution in [0.1, 0.15) is 24.8 Å². The summed E-state index contributed by atoms with van der Waals surface area (Å²) < 4.78 is 13.9. The van der Waals surface area contributed by atoms with Gasteiger partial charge in [-0.05, 0) is 19.1 Å². The van der Waals surface area contributed by atoms with E-state index in [0.29, 0.717) is 23.4 Å². The summed E-state index contributed by atoms with van der Waals surface area (Å²) in [6.45, 7) is 0.342. The number of benzene rings is 1. The minimum Gasteiger partial charge on any atom is -0.309 e. The number of nitro benzene ring substituents is 1. The molecule has 1 saturated carbocycles. The predicted octanol–water partition coefficient (Wildman–Crippen LogP) is 3.11. The van der Waals surface area contributed by atoms with Crippen molar-refractivity contribution in [2.24, 2.45) is 0 Å². The highest BCUT2D eigenvalue weighted by molar-refractivity contribution is 7.99. The highest BCUT2D eigenvalue weighted by atomic mass is 32.2. The van der Waals surface area contributed by atoms with E-state index in [1.54, 1.807) is 6.07 Å². The van der Waals surface area contributed by atoms with Crippen LogP contribution < -0.4 is 5.32 Å². The third-order valence-corrected chi connectivity index (χ3v) is 4.73. The van der Waals surface area contributed by atoms with Gasteiger partial charge in [0.1, 0.15) is 0 Å². The largest absolute Gasteiger partial charge is 0.309 e. The van der Waals surface area contributed by atoms with Crippen LogP contribution in [0.3, 0.4) is 0 Å². The van der Waals surface area contributed by atoms with Crippen LogP contribution >= 0.6 is 11.8 Å². The lowest BCUT2D eigenvalue weighted by molar-refractivity contribution is -0.387. The number of nitrogens with one attached hydrogen (secondary N) is 1. The Morgan fingerprint density at radius 1 is 1.53 bits per heavy atom. The molecule has 19 heavy (non-hydrogen) atoms. The number of thioether (sulfide) groups is 1. The molecule has 0 heterocycles. The summed E-state index contributed by atoms with van der Waals surface area (Å²) in [5.41, 5.74) is -0.0897. The van der Waals surface area contributed by atoms with Crippen LogP contribution in [0.25, 0.3) is 0 Å². The zero-order chi connectivity index (χ0) is 13.8. The standard InChI is InChI=1S/C13H17FN2O2S/c1-19-12-7-3-5-10(12)15-8-9-4-2-6-11(13(9)14)16(17)18/h2,4,6,10,12,15H,3,5,7-8H2,1H3. The van der Waals surface area contributed by atoms with Crippen LogP contribution in [0.2, 0.25) is 0 Å². The Labute approximate surface area is 115 Å². The average Bonchev–Trinajstić information content (AvgIpc) is 2.84. The first-order valence-corrected chi connectivity index (χ1v) is 7.60. The van der Waals surface area contributed by atoms with Gasteiger partial charge in [-0.15, -0.1) is 0 Å². The minimum absolute atomic E-state index is 0.342. The summed E-state index contributed by atoms with van der Waals surface area (Å²) in [5.74, 6) is -0.723. The van der Waals surface area contributed by atoms with Crippen LogP contribution in [0, 0.1) is 15.9 Å². The van der Waals surface area contributed by atoms with Crippen LogP contribution in [0.4, 0.5) is 10.1 Å². The normalized spacial score (nSPS) is 22.6. The molecule has 0 aromatic heterocycles. The van der Waals surface area contributed by atoms with Gasteiger partial charge in [-0.1, -0.05) is 18.6 Å². The van der Waals surface area contributed by atoms with E-state index >= 15 is 0 Å². The SMILES string of the molecule is CSC1CCCC1NCc1cccc([N+](=O)[O-])c1F. The molecule has 104 valence electrons. The average molecular weight is 284 g/mol. The predicted molar refractivity (Wildman–Crippen MR) is 74.8 cm³/mol. The van der Waals surface area contributed by atoms with E-state index in [2.05, 4.69) is 11.6 Å². The molecule has 6 heteroatoms. The molecular formula is C13H17FN2O2S. The molecule has 0 bridgehead atoms. The molecule has 1 aromatic rings. The van der Waals surface area contributed by atoms with Crippen molar-refractivity contribution in [1.82, 2.24) is 5.32 Å². The van der Waals surface area contributed by atoms with E-state index in [-0.39, 0.29) is 0 Å². The van der Waals surface area contributed by atoms with Gasteiger partial charge in [0, 0.05) is 29.5 Å². The zero-order valence-corrected chi connectivity index (χ0v) is 11.6. The zero-order valence-electron chi connectivity index (χ0n) is 10.8. The Morgan fingerprint density at radius 3 is 3.00 bits per heavy atom. The molecular weight excluding hydrogens is 267 g/mol. The van der Waals surface area contributed by atoms with Crippen molar-refractivity contribution in [2.45, 2.75) is 37.1 Å². The van der Waals surface area contributed by atoms with E-state index in [9.17, 15) is 14.5 Å². The molecule has 2 rings (SSSR count). The summed E-state index contributed by atoms with van der Waals surface area (Å²) in [4.78, 5) is 9.99. The first-order valence-electron chi connectivity index (χ1n) is 6.31. The fraction of sp³-hybridized carbons (Fsp3) is 0.538. The van der Waals surface area contributed by atoms with E-state index in [0.717, 1.165) is 6.42 Å². The Kier molecular flexibility index (Phi) is 4.76. The maximum absolute atomic E-state index is 13.9. The fourth-order valence-corrected chi connectivity index (χ4v) is 3.49. The molecule has 0 aliphatic heterocycles. The van der Waals surface area contributed by atoms with Crippen molar-refractivity contribution >= 4 is 17.4 Å². The fourth-order valence-electron chi connectivity index (χ4n) is 2.53. The van der Waals surface area contributed by atoms with Gasteiger partial charge < -0.3 is 5.32 Å². The summed E-state index contributed by atoms with van der Waals surface area (Å²) in [6.07, 6.45) is 5.53. The maximum Gasteiger partial charge on any atom is 0.305 e. The Bertz CT molecular complexity index is 470. The number of halogens is 1. The highest BCUT2D eigenvalue weighted by Crippen LogP contribution is 2.29. The molecule has 0 spiro atoms. The van der Waals surface area contributed by atoms with Crippen molar-refractivity contribution in [3.05, 3.63) is 39.7 Å². The Morgan fingerprint density at radius 2 is 2.32 bits per heavy atom. The first-order chi connectivity index (χ1) is 9.13. The van der Waals surface area contributed by atoms with Gasteiger partial charge in [0.15, 0.2) is 0 Å². The number of rotatable bonds is 5. The molecule has 0 amide bonds. The lowest BCUT2D eigenvalue weighted by atomic mass is 10.1. The second kappa shape index (κ2) is 6.34. The van der Waals surface area contributed by atoms with Crippen LogP contribution in [-0.4, -0.2) is 22.5 Å². The molecule has 0 saturated heterocycles. The van der Waals surface area contributed by atoms with E-state index in [1.165, 1.54) is 25.0 Å². The number of hydrogen-bond donors (Lipinski definition) is 1. The summed E-state index contributed by atoms with van der Waals surface area (Å²) >= 11 is 1.82. The smallest absolute Gasteiger partial charge is 0.305 e. The maximum atomic E-state index is 13.9. The van der Waals surface area contributed by atoms with Gasteiger partial charge in [0.2, 0.25) is 5.82 Å². The molecule has 1 aliphatic carbocycles. The summed E-state index contributed by atoms with van der Waals surface area (Å²) in [6, 6.07) is 4.69. The number of hydrogen-bond acceptors (Lipinski definition) is 4. The molecule has 0 radical (unpaired) electrons. The second-order valence-electron chi connectivity index (χ2n) is 4.70. The second-order valence-corrected chi connectivity index (χ2v) is 5.78. The Hall–Kier alpha value is -1.14. The van der Waals surface area contributed by atoms with Gasteiger partial charge in [0.25, 0.3) is 0 Å². The van der Waals surface area contributed by atoms with Gasteiger partial charge >= 0.3 is 5.69 Å². The number of nitrogens with zero attached hydrogens (tertiary/aromatic N) is 1. The molecule has 1 N–H and O–H groups in total. The van der Waals surface area contributed by atoms with Gasteiger partial charge in [-0.3, -0.25) is 10.1 Å². The lowest BCUT2D eigenvalue weighted by Crippen LogP contribution is -2.33. The third kappa shape index (κ3) is 3.25. The van der Waals surface area contributed by atoms with Crippen LogP contribution in [0.5, 0.6) is 0 Å². The third-order valence-electron chi connectivity index (χ3n) is 3.57. The van der Waals surface area contributed by atoms with Gasteiger partial charge in [-0.2, -0.15) is 16.2 Å². The molecule has 1 aromatic carbocycles. The number of nitro groups is 1. The lowest BCUT2D eigenvalue weighted by Gasteiger charge is -2.19. The topological polar surface area (TPSA) is 55.2 Å². The highest BCUT2D eigenvalue weighted by Gasteiger charge is 2.26. The molecule has 1 fully saturated rings. The van der Waals surface area contributed by atoms with Crippen molar-refractivity contribution in [2.75, 3.05) is 6.26 Å². The summed E-state index contributed by atoms with van der Waals surface area (Å²) in [7, 11) is 0. The van der Waals surface area contributed by atoms with Crippen molar-refractivity contribution in [1.29, 1.82) is 0 Å². The van der Waals surface area contributed by atoms with Crippen molar-refractivity contribution in [3.8, 4) is 0 Å². The first kappa shape index (κ1) is 14.3. The quantitative estimate of drug-likeness (QED) is 0.667. The van der Waals surface area contributed by atoms with Gasteiger partial charge in [0.05, 0.1) is 4.92 Å².